The molecule has 3 nitrogen and oxygen atoms in total. The zero-order valence-electron chi connectivity index (χ0n) is 12.0. The summed E-state index contributed by atoms with van der Waals surface area (Å²) in [6, 6.07) is 3.45. The fraction of sp³-hybridized carbons (Fsp3) is 0.500. The summed E-state index contributed by atoms with van der Waals surface area (Å²) in [5, 5.41) is 4.50. The number of nitrogens with one attached hydrogen (secondary N) is 2. The van der Waals surface area contributed by atoms with Gasteiger partial charge in [0.15, 0.2) is 0 Å². The van der Waals surface area contributed by atoms with E-state index in [4.69, 9.17) is 0 Å². The Morgan fingerprint density at radius 2 is 1.85 bits per heavy atom. The SMILES string of the molecule is Cc1[nH]c2ccc(F)c(N3CC4CNCC4C3)c2c1C. The highest BCUT2D eigenvalue weighted by Gasteiger charge is 2.37. The number of aromatic nitrogens is 1. The molecular formula is C16H20FN3. The second kappa shape index (κ2) is 4.22. The van der Waals surface area contributed by atoms with Gasteiger partial charge in [0.05, 0.1) is 5.69 Å². The highest BCUT2D eigenvalue weighted by Crippen LogP contribution is 2.38. The standard InChI is InChI=1S/C16H20FN3/c1-9-10(2)19-14-4-3-13(17)16(15(9)14)20-7-11-5-18-6-12(11)8-20/h3-4,11-12,18-19H,5-8H2,1-2H3. The summed E-state index contributed by atoms with van der Waals surface area (Å²) in [6.07, 6.45) is 0. The lowest BCUT2D eigenvalue weighted by atomic mass is 10.0. The average Bonchev–Trinajstić information content (AvgIpc) is 3.06. The molecule has 0 aliphatic carbocycles. The molecule has 0 saturated carbocycles. The van der Waals surface area contributed by atoms with E-state index in [2.05, 4.69) is 29.0 Å². The fourth-order valence-corrected chi connectivity index (χ4v) is 3.88. The van der Waals surface area contributed by atoms with Gasteiger partial charge in [-0.15, -0.1) is 0 Å². The van der Waals surface area contributed by atoms with Gasteiger partial charge in [0.25, 0.3) is 0 Å². The van der Waals surface area contributed by atoms with E-state index in [-0.39, 0.29) is 5.82 Å². The van der Waals surface area contributed by atoms with Crippen LogP contribution in [0.2, 0.25) is 0 Å². The van der Waals surface area contributed by atoms with E-state index in [9.17, 15) is 4.39 Å². The van der Waals surface area contributed by atoms with E-state index in [1.165, 1.54) is 5.56 Å². The van der Waals surface area contributed by atoms with Gasteiger partial charge in [0.2, 0.25) is 0 Å². The van der Waals surface area contributed by atoms with Crippen molar-refractivity contribution in [2.45, 2.75) is 13.8 Å². The van der Waals surface area contributed by atoms with Crippen LogP contribution in [-0.4, -0.2) is 31.2 Å². The third-order valence-corrected chi connectivity index (χ3v) is 5.09. The molecule has 2 aliphatic rings. The third kappa shape index (κ3) is 1.61. The number of hydrogen-bond acceptors (Lipinski definition) is 2. The van der Waals surface area contributed by atoms with Crippen molar-refractivity contribution in [1.29, 1.82) is 0 Å². The first kappa shape index (κ1) is 12.2. The Balaban J connectivity index is 1.85. The molecule has 0 bridgehead atoms. The van der Waals surface area contributed by atoms with Gasteiger partial charge >= 0.3 is 0 Å². The van der Waals surface area contributed by atoms with Gasteiger partial charge < -0.3 is 15.2 Å². The van der Waals surface area contributed by atoms with Crippen molar-refractivity contribution in [2.24, 2.45) is 11.8 Å². The van der Waals surface area contributed by atoms with E-state index in [0.29, 0.717) is 11.8 Å². The maximum atomic E-state index is 14.5. The van der Waals surface area contributed by atoms with Crippen molar-refractivity contribution in [3.05, 3.63) is 29.2 Å². The summed E-state index contributed by atoms with van der Waals surface area (Å²) in [5.41, 5.74) is 4.16. The summed E-state index contributed by atoms with van der Waals surface area (Å²) in [5.74, 6) is 1.25. The maximum absolute atomic E-state index is 14.5. The van der Waals surface area contributed by atoms with Crippen molar-refractivity contribution in [3.8, 4) is 0 Å². The van der Waals surface area contributed by atoms with E-state index in [0.717, 1.165) is 48.5 Å². The number of H-pyrrole nitrogens is 1. The summed E-state index contributed by atoms with van der Waals surface area (Å²) in [6.45, 7) is 8.22. The van der Waals surface area contributed by atoms with Crippen LogP contribution >= 0.6 is 0 Å². The zero-order valence-corrected chi connectivity index (χ0v) is 12.0. The van der Waals surface area contributed by atoms with Crippen LogP contribution in [0.15, 0.2) is 12.1 Å². The molecule has 3 heterocycles. The predicted octanol–water partition coefficient (Wildman–Crippen LogP) is 2.58. The smallest absolute Gasteiger partial charge is 0.147 e. The Labute approximate surface area is 118 Å². The van der Waals surface area contributed by atoms with Gasteiger partial charge in [-0.3, -0.25) is 0 Å². The molecule has 20 heavy (non-hydrogen) atoms. The first-order valence-corrected chi connectivity index (χ1v) is 7.38. The van der Waals surface area contributed by atoms with Crippen molar-refractivity contribution >= 4 is 16.6 Å². The van der Waals surface area contributed by atoms with Gasteiger partial charge in [-0.05, 0) is 43.4 Å². The molecular weight excluding hydrogens is 253 g/mol. The molecule has 0 amide bonds. The minimum atomic E-state index is -0.0902. The molecule has 4 heteroatoms. The Hall–Kier alpha value is -1.55. The number of aryl methyl sites for hydroxylation is 2. The van der Waals surface area contributed by atoms with E-state index < -0.39 is 0 Å². The van der Waals surface area contributed by atoms with Crippen LogP contribution in [0.3, 0.4) is 0 Å². The molecule has 106 valence electrons. The van der Waals surface area contributed by atoms with E-state index >= 15 is 0 Å². The molecule has 0 spiro atoms. The Morgan fingerprint density at radius 1 is 1.15 bits per heavy atom. The molecule has 4 rings (SSSR count). The van der Waals surface area contributed by atoms with Crippen LogP contribution in [0.1, 0.15) is 11.3 Å². The lowest BCUT2D eigenvalue weighted by Crippen LogP contribution is -2.26. The first-order chi connectivity index (χ1) is 9.65. The first-order valence-electron chi connectivity index (χ1n) is 7.38. The van der Waals surface area contributed by atoms with Gasteiger partial charge in [0.1, 0.15) is 5.82 Å². The number of aromatic amines is 1. The number of nitrogens with zero attached hydrogens (tertiary/aromatic N) is 1. The third-order valence-electron chi connectivity index (χ3n) is 5.09. The molecule has 0 radical (unpaired) electrons. The second-order valence-corrected chi connectivity index (χ2v) is 6.28. The summed E-state index contributed by atoms with van der Waals surface area (Å²) in [7, 11) is 0. The lowest BCUT2D eigenvalue weighted by Gasteiger charge is -2.22. The van der Waals surface area contributed by atoms with Crippen molar-refractivity contribution in [1.82, 2.24) is 10.3 Å². The van der Waals surface area contributed by atoms with Crippen LogP contribution < -0.4 is 10.2 Å². The Bertz CT molecular complexity index is 664. The molecule has 2 unspecified atom stereocenters. The maximum Gasteiger partial charge on any atom is 0.147 e. The molecule has 2 fully saturated rings. The predicted molar refractivity (Wildman–Crippen MR) is 79.8 cm³/mol. The molecule has 2 saturated heterocycles. The van der Waals surface area contributed by atoms with Crippen molar-refractivity contribution < 1.29 is 4.39 Å². The highest BCUT2D eigenvalue weighted by molar-refractivity contribution is 5.96. The summed E-state index contributed by atoms with van der Waals surface area (Å²) < 4.78 is 14.5. The van der Waals surface area contributed by atoms with Gasteiger partial charge in [-0.2, -0.15) is 0 Å². The van der Waals surface area contributed by atoms with Gasteiger partial charge in [-0.1, -0.05) is 0 Å². The van der Waals surface area contributed by atoms with Gasteiger partial charge in [-0.25, -0.2) is 4.39 Å². The fourth-order valence-electron chi connectivity index (χ4n) is 3.88. The van der Waals surface area contributed by atoms with E-state index in [1.807, 2.05) is 6.07 Å². The molecule has 1 aromatic carbocycles. The number of hydrogen-bond donors (Lipinski definition) is 2. The van der Waals surface area contributed by atoms with Crippen LogP contribution in [0.4, 0.5) is 10.1 Å². The van der Waals surface area contributed by atoms with Crippen LogP contribution in [-0.2, 0) is 0 Å². The number of halogens is 1. The van der Waals surface area contributed by atoms with Crippen molar-refractivity contribution in [3.63, 3.8) is 0 Å². The van der Waals surface area contributed by atoms with Crippen LogP contribution in [0, 0.1) is 31.5 Å². The molecule has 2 atom stereocenters. The molecule has 2 aromatic rings. The minimum absolute atomic E-state index is 0.0902. The number of rotatable bonds is 1. The quantitative estimate of drug-likeness (QED) is 0.836. The Kier molecular flexibility index (Phi) is 2.58. The van der Waals surface area contributed by atoms with Crippen molar-refractivity contribution in [2.75, 3.05) is 31.1 Å². The molecule has 1 aromatic heterocycles. The highest BCUT2D eigenvalue weighted by atomic mass is 19.1. The largest absolute Gasteiger partial charge is 0.368 e. The molecule has 2 aliphatic heterocycles. The zero-order chi connectivity index (χ0) is 13.9. The van der Waals surface area contributed by atoms with Gasteiger partial charge in [0, 0.05) is 42.8 Å². The minimum Gasteiger partial charge on any atom is -0.368 e. The molecule has 2 N–H and O–H groups in total. The summed E-state index contributed by atoms with van der Waals surface area (Å²) in [4.78, 5) is 5.62. The normalized spacial score (nSPS) is 25.6. The van der Waals surface area contributed by atoms with E-state index in [1.54, 1.807) is 6.07 Å². The lowest BCUT2D eigenvalue weighted by molar-refractivity contribution is 0.533. The van der Waals surface area contributed by atoms with Crippen LogP contribution in [0.5, 0.6) is 0 Å². The van der Waals surface area contributed by atoms with Crippen LogP contribution in [0.25, 0.3) is 10.9 Å². The monoisotopic (exact) mass is 273 g/mol. The number of fused-ring (bicyclic) bond motifs is 2. The average molecular weight is 273 g/mol. The Morgan fingerprint density at radius 3 is 2.55 bits per heavy atom. The number of anilines is 1. The topological polar surface area (TPSA) is 31.1 Å². The second-order valence-electron chi connectivity index (χ2n) is 6.28. The number of benzene rings is 1. The summed E-state index contributed by atoms with van der Waals surface area (Å²) >= 11 is 0.